The molecule has 1 fully saturated rings. The Hall–Kier alpha value is -2.28. The van der Waals surface area contributed by atoms with Crippen LogP contribution in [0.5, 0.6) is 0 Å². The van der Waals surface area contributed by atoms with Crippen LogP contribution in [0.25, 0.3) is 0 Å². The number of carbonyl (C=O) groups excluding carboxylic acids is 2. The number of amides is 1. The van der Waals surface area contributed by atoms with E-state index in [9.17, 15) is 19.7 Å². The van der Waals surface area contributed by atoms with Crippen LogP contribution in [0, 0.1) is 15.5 Å². The van der Waals surface area contributed by atoms with Gasteiger partial charge in [-0.25, -0.2) is 0 Å². The number of nitro groups is 1. The Morgan fingerprint density at radius 1 is 1.48 bits per heavy atom. The number of rotatable bonds is 5. The van der Waals surface area contributed by atoms with Crippen LogP contribution in [0.3, 0.4) is 0 Å². The molecule has 1 aliphatic heterocycles. The zero-order chi connectivity index (χ0) is 15.6. The van der Waals surface area contributed by atoms with E-state index in [4.69, 9.17) is 5.73 Å². The lowest BCUT2D eigenvalue weighted by Gasteiger charge is -2.20. The number of non-ortho nitro benzene ring substituents is 1. The molecular formula is C14H17N3O4. The summed E-state index contributed by atoms with van der Waals surface area (Å²) in [5.74, 6) is -0.569. The highest BCUT2D eigenvalue weighted by molar-refractivity contribution is 5.98. The van der Waals surface area contributed by atoms with E-state index >= 15 is 0 Å². The largest absolute Gasteiger partial charge is 0.369 e. The van der Waals surface area contributed by atoms with E-state index < -0.39 is 10.3 Å². The first-order chi connectivity index (χ1) is 9.82. The molecule has 2 N–H and O–H groups in total. The quantitative estimate of drug-likeness (QED) is 0.494. The summed E-state index contributed by atoms with van der Waals surface area (Å²) in [5, 5.41) is 10.7. The van der Waals surface area contributed by atoms with Crippen molar-refractivity contribution in [2.24, 2.45) is 11.1 Å². The van der Waals surface area contributed by atoms with Crippen molar-refractivity contribution in [3.8, 4) is 0 Å². The average Bonchev–Trinajstić information content (AvgIpc) is 2.81. The highest BCUT2D eigenvalue weighted by atomic mass is 16.6. The lowest BCUT2D eigenvalue weighted by atomic mass is 9.89. The first-order valence-electron chi connectivity index (χ1n) is 6.62. The van der Waals surface area contributed by atoms with E-state index in [1.54, 1.807) is 13.0 Å². The highest BCUT2D eigenvalue weighted by Gasteiger charge is 2.39. The Bertz CT molecular complexity index is 602. The number of hydrogen-bond donors (Lipinski definition) is 1. The van der Waals surface area contributed by atoms with Gasteiger partial charge in [-0.3, -0.25) is 24.6 Å². The van der Waals surface area contributed by atoms with Crippen molar-refractivity contribution in [3.05, 3.63) is 39.9 Å². The second-order valence-corrected chi connectivity index (χ2v) is 5.62. The van der Waals surface area contributed by atoms with Crippen molar-refractivity contribution >= 4 is 17.4 Å². The van der Waals surface area contributed by atoms with Crippen LogP contribution in [-0.4, -0.2) is 41.1 Å². The number of nitrogens with zero attached hydrogens (tertiary/aromatic N) is 2. The Morgan fingerprint density at radius 2 is 2.19 bits per heavy atom. The summed E-state index contributed by atoms with van der Waals surface area (Å²) in [6.45, 7) is 2.96. The van der Waals surface area contributed by atoms with Gasteiger partial charge in [0.2, 0.25) is 5.91 Å². The van der Waals surface area contributed by atoms with Gasteiger partial charge >= 0.3 is 0 Å². The van der Waals surface area contributed by atoms with Gasteiger partial charge in [-0.2, -0.15) is 0 Å². The van der Waals surface area contributed by atoms with Gasteiger partial charge in [0.25, 0.3) is 5.69 Å². The molecule has 0 bridgehead atoms. The van der Waals surface area contributed by atoms with Crippen molar-refractivity contribution in [1.82, 2.24) is 4.90 Å². The molecule has 1 atom stereocenters. The molecule has 0 aliphatic carbocycles. The summed E-state index contributed by atoms with van der Waals surface area (Å²) in [4.78, 5) is 35.6. The predicted octanol–water partition coefficient (Wildman–Crippen LogP) is 0.975. The van der Waals surface area contributed by atoms with Gasteiger partial charge in [-0.15, -0.1) is 0 Å². The Balaban J connectivity index is 2.04. The summed E-state index contributed by atoms with van der Waals surface area (Å²) in [6.07, 6.45) is 0.616. The molecular weight excluding hydrogens is 274 g/mol. The van der Waals surface area contributed by atoms with Crippen molar-refractivity contribution < 1.29 is 14.5 Å². The number of hydrogen-bond acceptors (Lipinski definition) is 5. The maximum absolute atomic E-state index is 12.2. The minimum atomic E-state index is -0.608. The van der Waals surface area contributed by atoms with Gasteiger partial charge < -0.3 is 5.73 Å². The summed E-state index contributed by atoms with van der Waals surface area (Å²) in [5.41, 5.74) is 4.95. The molecule has 0 saturated carbocycles. The topological polar surface area (TPSA) is 107 Å². The van der Waals surface area contributed by atoms with Crippen LogP contribution in [0.2, 0.25) is 0 Å². The molecule has 0 aromatic heterocycles. The number of Topliss-reactive ketones (excluding diaryl/α,β-unsaturated/α-hetero) is 1. The molecule has 2 rings (SSSR count). The maximum atomic E-state index is 12.2. The van der Waals surface area contributed by atoms with Crippen LogP contribution >= 0.6 is 0 Å². The van der Waals surface area contributed by atoms with Crippen LogP contribution in [0.1, 0.15) is 23.7 Å². The molecule has 1 saturated heterocycles. The number of primary amides is 1. The number of ketones is 1. The third-order valence-electron chi connectivity index (χ3n) is 3.89. The molecule has 0 spiro atoms. The van der Waals surface area contributed by atoms with Gasteiger partial charge in [0.1, 0.15) is 0 Å². The summed E-state index contributed by atoms with van der Waals surface area (Å²) in [6, 6.07) is 5.66. The highest BCUT2D eigenvalue weighted by Crippen LogP contribution is 2.29. The van der Waals surface area contributed by atoms with Gasteiger partial charge in [0, 0.05) is 24.2 Å². The predicted molar refractivity (Wildman–Crippen MR) is 75.8 cm³/mol. The zero-order valence-corrected chi connectivity index (χ0v) is 11.7. The van der Waals surface area contributed by atoms with Gasteiger partial charge in [0.15, 0.2) is 5.78 Å². The van der Waals surface area contributed by atoms with E-state index in [1.807, 2.05) is 4.90 Å². The molecule has 7 nitrogen and oxygen atoms in total. The van der Waals surface area contributed by atoms with Crippen LogP contribution in [0.4, 0.5) is 5.69 Å². The molecule has 0 radical (unpaired) electrons. The smallest absolute Gasteiger partial charge is 0.270 e. The molecule has 7 heteroatoms. The SMILES string of the molecule is CC1(C(N)=O)CCN(CC(=O)c2cccc([N+](=O)[O-])c2)C1. The number of carbonyl (C=O) groups is 2. The Labute approximate surface area is 121 Å². The van der Waals surface area contributed by atoms with E-state index in [0.29, 0.717) is 25.1 Å². The molecule has 112 valence electrons. The van der Waals surface area contributed by atoms with Crippen LogP contribution in [-0.2, 0) is 4.79 Å². The van der Waals surface area contributed by atoms with Crippen molar-refractivity contribution in [1.29, 1.82) is 0 Å². The first-order valence-corrected chi connectivity index (χ1v) is 6.62. The number of benzene rings is 1. The van der Waals surface area contributed by atoms with E-state index in [2.05, 4.69) is 0 Å². The number of nitro benzene ring substituents is 1. The van der Waals surface area contributed by atoms with Crippen molar-refractivity contribution in [3.63, 3.8) is 0 Å². The summed E-state index contributed by atoms with van der Waals surface area (Å²) < 4.78 is 0. The fourth-order valence-electron chi connectivity index (χ4n) is 2.48. The van der Waals surface area contributed by atoms with Gasteiger partial charge in [0.05, 0.1) is 16.9 Å². The fraction of sp³-hybridized carbons (Fsp3) is 0.429. The zero-order valence-electron chi connectivity index (χ0n) is 11.7. The second kappa shape index (κ2) is 5.61. The molecule has 1 heterocycles. The minimum absolute atomic E-state index is 0.107. The lowest BCUT2D eigenvalue weighted by molar-refractivity contribution is -0.384. The lowest BCUT2D eigenvalue weighted by Crippen LogP contribution is -2.38. The van der Waals surface area contributed by atoms with Crippen LogP contribution < -0.4 is 5.73 Å². The van der Waals surface area contributed by atoms with E-state index in [1.165, 1.54) is 18.2 Å². The summed E-state index contributed by atoms with van der Waals surface area (Å²) in [7, 11) is 0. The molecule has 1 aliphatic rings. The third-order valence-corrected chi connectivity index (χ3v) is 3.89. The molecule has 21 heavy (non-hydrogen) atoms. The monoisotopic (exact) mass is 291 g/mol. The molecule has 1 amide bonds. The van der Waals surface area contributed by atoms with Gasteiger partial charge in [-0.1, -0.05) is 12.1 Å². The normalized spacial score (nSPS) is 22.1. The fourth-order valence-corrected chi connectivity index (χ4v) is 2.48. The molecule has 1 unspecified atom stereocenters. The second-order valence-electron chi connectivity index (χ2n) is 5.62. The third kappa shape index (κ3) is 3.25. The molecule has 1 aromatic rings. The molecule has 1 aromatic carbocycles. The number of nitrogens with two attached hydrogens (primary N) is 1. The number of likely N-dealkylation sites (tertiary alicyclic amines) is 1. The Morgan fingerprint density at radius 3 is 2.76 bits per heavy atom. The van der Waals surface area contributed by atoms with Crippen LogP contribution in [0.15, 0.2) is 24.3 Å². The van der Waals surface area contributed by atoms with E-state index in [0.717, 1.165) is 0 Å². The minimum Gasteiger partial charge on any atom is -0.369 e. The van der Waals surface area contributed by atoms with Crippen molar-refractivity contribution in [2.75, 3.05) is 19.6 Å². The van der Waals surface area contributed by atoms with Gasteiger partial charge in [-0.05, 0) is 19.9 Å². The van der Waals surface area contributed by atoms with E-state index in [-0.39, 0.29) is 23.9 Å². The maximum Gasteiger partial charge on any atom is 0.270 e. The Kier molecular flexibility index (Phi) is 4.04. The average molecular weight is 291 g/mol. The summed E-state index contributed by atoms with van der Waals surface area (Å²) >= 11 is 0. The van der Waals surface area contributed by atoms with Crippen molar-refractivity contribution in [2.45, 2.75) is 13.3 Å². The standard InChI is InChI=1S/C14H17N3O4/c1-14(13(15)19)5-6-16(9-14)8-12(18)10-3-2-4-11(7-10)17(20)21/h2-4,7H,5-6,8-9H2,1H3,(H2,15,19). The first kappa shape index (κ1) is 15.1.